The van der Waals surface area contributed by atoms with Crippen molar-refractivity contribution in [3.05, 3.63) is 29.3 Å². The van der Waals surface area contributed by atoms with E-state index in [1.165, 1.54) is 7.11 Å². The fraction of sp³-hybridized carbons (Fsp3) is 0.533. The Morgan fingerprint density at radius 3 is 2.68 bits per heavy atom. The smallest absolute Gasteiger partial charge is 0.305 e. The largest absolute Gasteiger partial charge is 0.494 e. The normalized spacial score (nSPS) is 12.0. The SMILES string of the molecule is CCOc1ccc(C(CCC(=O)OC)NC)cc1C. The Bertz CT molecular complexity index is 418. The molecule has 0 radical (unpaired) electrons. The van der Waals surface area contributed by atoms with Crippen LogP contribution in [0.15, 0.2) is 18.2 Å². The van der Waals surface area contributed by atoms with E-state index in [1.807, 2.05) is 33.0 Å². The summed E-state index contributed by atoms with van der Waals surface area (Å²) in [5.41, 5.74) is 2.27. The Hall–Kier alpha value is -1.55. The van der Waals surface area contributed by atoms with E-state index in [9.17, 15) is 4.79 Å². The second-order valence-corrected chi connectivity index (χ2v) is 4.41. The van der Waals surface area contributed by atoms with Gasteiger partial charge in [-0.3, -0.25) is 4.79 Å². The number of methoxy groups -OCH3 is 1. The fourth-order valence-corrected chi connectivity index (χ4v) is 2.05. The van der Waals surface area contributed by atoms with E-state index in [0.717, 1.165) is 23.3 Å². The van der Waals surface area contributed by atoms with Crippen LogP contribution >= 0.6 is 0 Å². The maximum atomic E-state index is 11.2. The molecule has 0 aliphatic rings. The van der Waals surface area contributed by atoms with Crippen molar-refractivity contribution in [2.45, 2.75) is 32.7 Å². The lowest BCUT2D eigenvalue weighted by Gasteiger charge is -2.18. The summed E-state index contributed by atoms with van der Waals surface area (Å²) in [6.07, 6.45) is 1.13. The molecule has 0 aliphatic carbocycles. The predicted octanol–water partition coefficient (Wildman–Crippen LogP) is 2.61. The summed E-state index contributed by atoms with van der Waals surface area (Å²) in [4.78, 5) is 11.2. The minimum atomic E-state index is -0.178. The zero-order valence-corrected chi connectivity index (χ0v) is 12.2. The Kier molecular flexibility index (Phi) is 6.36. The standard InChI is InChI=1S/C15H23NO3/c1-5-19-14-8-6-12(10-11(14)2)13(16-3)7-9-15(17)18-4/h6,8,10,13,16H,5,7,9H2,1-4H3. The number of nitrogens with one attached hydrogen (secondary N) is 1. The Morgan fingerprint density at radius 2 is 2.16 bits per heavy atom. The van der Waals surface area contributed by atoms with E-state index in [0.29, 0.717) is 13.0 Å². The van der Waals surface area contributed by atoms with Crippen molar-refractivity contribution in [2.75, 3.05) is 20.8 Å². The van der Waals surface area contributed by atoms with E-state index in [4.69, 9.17) is 4.74 Å². The molecule has 0 saturated carbocycles. The fourth-order valence-electron chi connectivity index (χ4n) is 2.05. The van der Waals surface area contributed by atoms with E-state index in [-0.39, 0.29) is 12.0 Å². The Morgan fingerprint density at radius 1 is 1.42 bits per heavy atom. The van der Waals surface area contributed by atoms with Crippen molar-refractivity contribution in [3.8, 4) is 5.75 Å². The van der Waals surface area contributed by atoms with Crippen LogP contribution in [0, 0.1) is 6.92 Å². The van der Waals surface area contributed by atoms with Crippen LogP contribution in [0.5, 0.6) is 5.75 Å². The molecule has 0 aromatic heterocycles. The van der Waals surface area contributed by atoms with E-state index in [1.54, 1.807) is 0 Å². The van der Waals surface area contributed by atoms with Crippen molar-refractivity contribution in [1.29, 1.82) is 0 Å². The average Bonchev–Trinajstić information content (AvgIpc) is 2.42. The molecule has 1 unspecified atom stereocenters. The van der Waals surface area contributed by atoms with Gasteiger partial charge in [-0.05, 0) is 44.5 Å². The summed E-state index contributed by atoms with van der Waals surface area (Å²) in [7, 11) is 3.31. The monoisotopic (exact) mass is 265 g/mol. The zero-order chi connectivity index (χ0) is 14.3. The maximum Gasteiger partial charge on any atom is 0.305 e. The molecule has 1 aromatic rings. The predicted molar refractivity (Wildman–Crippen MR) is 75.4 cm³/mol. The highest BCUT2D eigenvalue weighted by molar-refractivity contribution is 5.69. The highest BCUT2D eigenvalue weighted by atomic mass is 16.5. The van der Waals surface area contributed by atoms with Gasteiger partial charge >= 0.3 is 5.97 Å². The molecular weight excluding hydrogens is 242 g/mol. The van der Waals surface area contributed by atoms with Crippen LogP contribution in [0.25, 0.3) is 0 Å². The quantitative estimate of drug-likeness (QED) is 0.770. The molecule has 1 rings (SSSR count). The van der Waals surface area contributed by atoms with Gasteiger partial charge in [0.25, 0.3) is 0 Å². The minimum Gasteiger partial charge on any atom is -0.494 e. The third-order valence-corrected chi connectivity index (χ3v) is 3.11. The van der Waals surface area contributed by atoms with E-state index < -0.39 is 0 Å². The van der Waals surface area contributed by atoms with Gasteiger partial charge in [-0.1, -0.05) is 12.1 Å². The number of ether oxygens (including phenoxy) is 2. The second kappa shape index (κ2) is 7.79. The maximum absolute atomic E-state index is 11.2. The molecule has 0 spiro atoms. The molecular formula is C15H23NO3. The highest BCUT2D eigenvalue weighted by Crippen LogP contribution is 2.25. The number of rotatable bonds is 7. The molecule has 0 heterocycles. The zero-order valence-electron chi connectivity index (χ0n) is 12.2. The first-order chi connectivity index (χ1) is 9.12. The highest BCUT2D eigenvalue weighted by Gasteiger charge is 2.13. The van der Waals surface area contributed by atoms with Gasteiger partial charge in [0.2, 0.25) is 0 Å². The van der Waals surface area contributed by atoms with Crippen LogP contribution in [0.2, 0.25) is 0 Å². The molecule has 1 atom stereocenters. The Labute approximate surface area is 115 Å². The van der Waals surface area contributed by atoms with Crippen molar-refractivity contribution in [3.63, 3.8) is 0 Å². The van der Waals surface area contributed by atoms with E-state index >= 15 is 0 Å². The van der Waals surface area contributed by atoms with Gasteiger partial charge in [0.05, 0.1) is 13.7 Å². The van der Waals surface area contributed by atoms with Crippen LogP contribution in [-0.2, 0) is 9.53 Å². The number of esters is 1. The van der Waals surface area contributed by atoms with Gasteiger partial charge in [-0.25, -0.2) is 0 Å². The number of carbonyl (C=O) groups excluding carboxylic acids is 1. The lowest BCUT2D eigenvalue weighted by Crippen LogP contribution is -2.18. The van der Waals surface area contributed by atoms with Crippen LogP contribution in [0.4, 0.5) is 0 Å². The first-order valence-electron chi connectivity index (χ1n) is 6.59. The average molecular weight is 265 g/mol. The lowest BCUT2D eigenvalue weighted by atomic mass is 10.00. The van der Waals surface area contributed by atoms with Crippen LogP contribution in [-0.4, -0.2) is 26.7 Å². The van der Waals surface area contributed by atoms with Crippen molar-refractivity contribution < 1.29 is 14.3 Å². The van der Waals surface area contributed by atoms with E-state index in [2.05, 4.69) is 16.1 Å². The topological polar surface area (TPSA) is 47.6 Å². The first kappa shape index (κ1) is 15.5. The van der Waals surface area contributed by atoms with Crippen molar-refractivity contribution in [1.82, 2.24) is 5.32 Å². The van der Waals surface area contributed by atoms with Gasteiger partial charge in [-0.2, -0.15) is 0 Å². The molecule has 19 heavy (non-hydrogen) atoms. The lowest BCUT2D eigenvalue weighted by molar-refractivity contribution is -0.140. The summed E-state index contributed by atoms with van der Waals surface area (Å²) in [5.74, 6) is 0.733. The molecule has 0 saturated heterocycles. The molecule has 106 valence electrons. The second-order valence-electron chi connectivity index (χ2n) is 4.41. The number of benzene rings is 1. The summed E-state index contributed by atoms with van der Waals surface area (Å²) in [5, 5.41) is 3.23. The van der Waals surface area contributed by atoms with Gasteiger partial charge in [0.1, 0.15) is 5.75 Å². The van der Waals surface area contributed by atoms with Gasteiger partial charge < -0.3 is 14.8 Å². The molecule has 4 nitrogen and oxygen atoms in total. The number of carbonyl (C=O) groups is 1. The molecule has 0 aliphatic heterocycles. The third-order valence-electron chi connectivity index (χ3n) is 3.11. The third kappa shape index (κ3) is 4.56. The summed E-state index contributed by atoms with van der Waals surface area (Å²) < 4.78 is 10.2. The van der Waals surface area contributed by atoms with Crippen molar-refractivity contribution in [2.24, 2.45) is 0 Å². The summed E-state index contributed by atoms with van der Waals surface area (Å²) >= 11 is 0. The number of hydrogen-bond donors (Lipinski definition) is 1. The van der Waals surface area contributed by atoms with Crippen molar-refractivity contribution >= 4 is 5.97 Å². The van der Waals surface area contributed by atoms with Crippen LogP contribution in [0.3, 0.4) is 0 Å². The summed E-state index contributed by atoms with van der Waals surface area (Å²) in [6.45, 7) is 4.67. The van der Waals surface area contributed by atoms with Crippen LogP contribution in [0.1, 0.15) is 36.9 Å². The summed E-state index contributed by atoms with van der Waals surface area (Å²) in [6, 6.07) is 6.27. The molecule has 0 fully saturated rings. The minimum absolute atomic E-state index is 0.147. The first-order valence-corrected chi connectivity index (χ1v) is 6.59. The molecule has 1 aromatic carbocycles. The van der Waals surface area contributed by atoms with Gasteiger partial charge in [0, 0.05) is 12.5 Å². The van der Waals surface area contributed by atoms with Gasteiger partial charge in [-0.15, -0.1) is 0 Å². The molecule has 4 heteroatoms. The van der Waals surface area contributed by atoms with Crippen LogP contribution < -0.4 is 10.1 Å². The Balaban J connectivity index is 2.75. The molecule has 0 amide bonds. The number of aryl methyl sites for hydroxylation is 1. The van der Waals surface area contributed by atoms with Gasteiger partial charge in [0.15, 0.2) is 0 Å². The number of hydrogen-bond acceptors (Lipinski definition) is 4. The molecule has 1 N–H and O–H groups in total. The molecule has 0 bridgehead atoms.